The zero-order valence-corrected chi connectivity index (χ0v) is 29.0. The third-order valence-corrected chi connectivity index (χ3v) is 9.81. The molecule has 0 spiro atoms. The highest BCUT2D eigenvalue weighted by atomic mass is 16.2. The van der Waals surface area contributed by atoms with Crippen LogP contribution in [0.4, 0.5) is 21.0 Å². The first-order chi connectivity index (χ1) is 22.5. The molecule has 13 nitrogen and oxygen atoms in total. The molecule has 262 valence electrons. The summed E-state index contributed by atoms with van der Waals surface area (Å²) >= 11 is 0. The summed E-state index contributed by atoms with van der Waals surface area (Å²) in [5.41, 5.74) is 1.13. The van der Waals surface area contributed by atoms with Gasteiger partial charge >= 0.3 is 12.1 Å². The number of hydrogen-bond acceptors (Lipinski definition) is 7. The van der Waals surface area contributed by atoms with E-state index in [1.807, 2.05) is 18.7 Å². The number of nitrogens with one attached hydrogen (secondary N) is 4. The quantitative estimate of drug-likeness (QED) is 0.188. The summed E-state index contributed by atoms with van der Waals surface area (Å²) < 4.78 is 0. The van der Waals surface area contributed by atoms with Crippen molar-refractivity contribution in [2.24, 2.45) is 0 Å². The van der Waals surface area contributed by atoms with Gasteiger partial charge in [0.05, 0.1) is 6.04 Å². The van der Waals surface area contributed by atoms with Crippen LogP contribution in [0.2, 0.25) is 0 Å². The van der Waals surface area contributed by atoms with Gasteiger partial charge in [-0.3, -0.25) is 9.59 Å². The molecule has 2 aliphatic heterocycles. The first-order valence-corrected chi connectivity index (χ1v) is 17.0. The van der Waals surface area contributed by atoms with Crippen molar-refractivity contribution < 1.29 is 24.0 Å². The molecule has 6 atom stereocenters. The minimum absolute atomic E-state index is 0.0589. The van der Waals surface area contributed by atoms with Gasteiger partial charge in [0.25, 0.3) is 0 Å². The zero-order chi connectivity index (χ0) is 34.5. The van der Waals surface area contributed by atoms with Gasteiger partial charge in [0, 0.05) is 74.2 Å². The molecule has 6 amide bonds. The number of nitrogens with zero attached hydrogens (tertiary/aromatic N) is 4. The van der Waals surface area contributed by atoms with E-state index >= 15 is 0 Å². The number of benzene rings is 1. The molecule has 4 N–H and O–H groups in total. The molecule has 0 bridgehead atoms. The maximum atomic E-state index is 13.5. The summed E-state index contributed by atoms with van der Waals surface area (Å²) in [6.07, 6.45) is 7.54. The van der Waals surface area contributed by atoms with Crippen LogP contribution in [-0.4, -0.2) is 127 Å². The van der Waals surface area contributed by atoms with E-state index in [1.165, 1.54) is 0 Å². The molecule has 0 saturated carbocycles. The number of rotatable bonds is 17. The van der Waals surface area contributed by atoms with Crippen LogP contribution < -0.4 is 21.3 Å². The van der Waals surface area contributed by atoms with Crippen LogP contribution in [-0.2, 0) is 14.4 Å². The Hall–Kier alpha value is -3.71. The smallest absolute Gasteiger partial charge is 0.321 e. The largest absolute Gasteiger partial charge is 0.351 e. The second-order valence-electron chi connectivity index (χ2n) is 13.2. The molecule has 1 aromatic carbocycles. The van der Waals surface area contributed by atoms with Crippen molar-refractivity contribution in [2.45, 2.75) is 109 Å². The summed E-state index contributed by atoms with van der Waals surface area (Å²) in [5, 5.41) is 11.8. The van der Waals surface area contributed by atoms with Crippen molar-refractivity contribution in [2.75, 3.05) is 50.9 Å². The van der Waals surface area contributed by atoms with Crippen molar-refractivity contribution in [3.05, 3.63) is 24.3 Å². The van der Waals surface area contributed by atoms with Gasteiger partial charge in [0.15, 0.2) is 0 Å². The first kappa shape index (κ1) is 37.7. The Balaban J connectivity index is 1.61. The van der Waals surface area contributed by atoms with Gasteiger partial charge < -0.3 is 45.7 Å². The number of aldehydes is 1. The summed E-state index contributed by atoms with van der Waals surface area (Å²) in [7, 11) is 3.84. The van der Waals surface area contributed by atoms with Crippen LogP contribution in [0.15, 0.2) is 24.3 Å². The Morgan fingerprint density at radius 2 is 1.40 bits per heavy atom. The fourth-order valence-electron chi connectivity index (χ4n) is 6.45. The predicted octanol–water partition coefficient (Wildman–Crippen LogP) is 3.33. The zero-order valence-electron chi connectivity index (χ0n) is 29.0. The minimum atomic E-state index is -0.366. The van der Waals surface area contributed by atoms with E-state index in [-0.39, 0.29) is 55.1 Å². The number of amides is 6. The van der Waals surface area contributed by atoms with E-state index < -0.39 is 0 Å². The van der Waals surface area contributed by atoms with Crippen molar-refractivity contribution in [3.8, 4) is 0 Å². The lowest BCUT2D eigenvalue weighted by molar-refractivity contribution is -0.123. The average molecular weight is 657 g/mol. The third-order valence-electron chi connectivity index (χ3n) is 9.81. The average Bonchev–Trinajstić information content (AvgIpc) is 3.58. The Bertz CT molecular complexity index is 1180. The molecule has 3 unspecified atom stereocenters. The van der Waals surface area contributed by atoms with E-state index in [9.17, 15) is 24.0 Å². The molecule has 2 saturated heterocycles. The lowest BCUT2D eigenvalue weighted by Gasteiger charge is -2.30. The molecule has 2 aliphatic rings. The molecule has 1 aromatic rings. The normalized spacial score (nSPS) is 22.3. The van der Waals surface area contributed by atoms with Gasteiger partial charge in [-0.1, -0.05) is 0 Å². The number of carbonyl (C=O) groups excluding carboxylic acids is 5. The molecule has 47 heavy (non-hydrogen) atoms. The fraction of sp³-hybridized carbons (Fsp3) is 0.676. The van der Waals surface area contributed by atoms with Gasteiger partial charge in [0.2, 0.25) is 12.3 Å². The molecule has 0 aromatic heterocycles. The monoisotopic (exact) mass is 656 g/mol. The highest BCUT2D eigenvalue weighted by Crippen LogP contribution is 2.26. The lowest BCUT2D eigenvalue weighted by atomic mass is 10.1. The fourth-order valence-corrected chi connectivity index (χ4v) is 6.45. The van der Waals surface area contributed by atoms with E-state index in [4.69, 9.17) is 0 Å². The number of likely N-dealkylation sites (N-methyl/N-ethyl adjacent to an activating group) is 1. The summed E-state index contributed by atoms with van der Waals surface area (Å²) in [4.78, 5) is 69.4. The minimum Gasteiger partial charge on any atom is -0.351 e. The van der Waals surface area contributed by atoms with E-state index in [0.29, 0.717) is 49.5 Å². The molecule has 0 aliphatic carbocycles. The summed E-state index contributed by atoms with van der Waals surface area (Å²) in [6.45, 7) is 9.49. The van der Waals surface area contributed by atoms with Crippen molar-refractivity contribution in [3.63, 3.8) is 0 Å². The van der Waals surface area contributed by atoms with Crippen LogP contribution in [0.1, 0.15) is 72.6 Å². The number of carbonyl (C=O) groups is 5. The Morgan fingerprint density at radius 1 is 0.851 bits per heavy atom. The Morgan fingerprint density at radius 3 is 1.96 bits per heavy atom. The van der Waals surface area contributed by atoms with E-state index in [1.54, 1.807) is 48.0 Å². The Kier molecular flexibility index (Phi) is 14.9. The van der Waals surface area contributed by atoms with Crippen LogP contribution in [0, 0.1) is 0 Å². The molecule has 2 fully saturated rings. The molecule has 13 heteroatoms. The van der Waals surface area contributed by atoms with Crippen LogP contribution >= 0.6 is 0 Å². The first-order valence-electron chi connectivity index (χ1n) is 17.0. The van der Waals surface area contributed by atoms with Gasteiger partial charge in [-0.15, -0.1) is 0 Å². The van der Waals surface area contributed by atoms with Crippen LogP contribution in [0.3, 0.4) is 0 Å². The van der Waals surface area contributed by atoms with Crippen LogP contribution in [0.25, 0.3) is 0 Å². The lowest BCUT2D eigenvalue weighted by Crippen LogP contribution is -2.50. The summed E-state index contributed by atoms with van der Waals surface area (Å²) in [5.74, 6) is -0.153. The maximum Gasteiger partial charge on any atom is 0.321 e. The highest BCUT2D eigenvalue weighted by molar-refractivity contribution is 5.92. The predicted molar refractivity (Wildman–Crippen MR) is 184 cm³/mol. The van der Waals surface area contributed by atoms with Gasteiger partial charge in [-0.05, 0) is 105 Å². The van der Waals surface area contributed by atoms with E-state index in [2.05, 4.69) is 40.1 Å². The number of anilines is 2. The topological polar surface area (TPSA) is 146 Å². The molecular weight excluding hydrogens is 600 g/mol. The van der Waals surface area contributed by atoms with Gasteiger partial charge in [-0.25, -0.2) is 9.59 Å². The van der Waals surface area contributed by atoms with Crippen molar-refractivity contribution in [1.82, 2.24) is 30.2 Å². The van der Waals surface area contributed by atoms with Crippen molar-refractivity contribution >= 4 is 42.0 Å². The SMILES string of the molecule is CNC(C)C(=O)NC(C)CN(CC[C@H]1CCC(C)N1C=O)C(=O)Nc1ccc(NC(=O)N(CCC=O)CC[C@H]2CC[C@@H](C)N2C)cc1. The molecule has 2 heterocycles. The second kappa shape index (κ2) is 18.6. The number of hydrogen-bond donors (Lipinski definition) is 4. The number of urea groups is 2. The maximum absolute atomic E-state index is 13.5. The van der Waals surface area contributed by atoms with Crippen molar-refractivity contribution in [1.29, 1.82) is 0 Å². The summed E-state index contributed by atoms with van der Waals surface area (Å²) in [6, 6.07) is 6.84. The molecule has 3 rings (SSSR count). The molecule has 0 radical (unpaired) electrons. The van der Waals surface area contributed by atoms with Gasteiger partial charge in [0.1, 0.15) is 6.29 Å². The van der Waals surface area contributed by atoms with Gasteiger partial charge in [-0.2, -0.15) is 0 Å². The van der Waals surface area contributed by atoms with E-state index in [0.717, 1.165) is 44.8 Å². The standard InChI is InChI=1S/C34H56N8O5/c1-24(36-32(45)27(4)35-5)22-41(20-17-31-15-9-26(3)42(31)23-44)34(47)38-29-12-10-28(11-13-29)37-33(46)40(18-7-21-43)19-16-30-14-8-25(2)39(30)6/h10-13,21,23-27,30-31,35H,7-9,14-20,22H2,1-6H3,(H,36,45)(H,37,46)(H,38,47)/t24?,25-,26?,27?,30-,31-/m1/s1. The molecular formula is C34H56N8O5. The second-order valence-corrected chi connectivity index (χ2v) is 13.2. The highest BCUT2D eigenvalue weighted by Gasteiger charge is 2.31. The Labute approximate surface area is 280 Å². The van der Waals surface area contributed by atoms with Crippen LogP contribution in [0.5, 0.6) is 0 Å². The third kappa shape index (κ3) is 11.2. The number of likely N-dealkylation sites (tertiary alicyclic amines) is 2.